The molecule has 2 aromatic rings. The predicted molar refractivity (Wildman–Crippen MR) is 92.2 cm³/mol. The van der Waals surface area contributed by atoms with Crippen LogP contribution >= 0.6 is 27.7 Å². The number of rotatable bonds is 4. The molecule has 0 atom stereocenters. The standard InChI is InChI=1S/C16H11BrF3N3OS/c1-9-6-13(16(18,19)20)12(7-21)15(22-9)25-8-14(24)23-11-4-2-10(17)3-5-11/h2-6H,8H2,1H3,(H,23,24). The first-order valence-electron chi connectivity index (χ1n) is 6.88. The van der Waals surface area contributed by atoms with E-state index < -0.39 is 23.2 Å². The molecule has 0 spiro atoms. The van der Waals surface area contributed by atoms with Crippen LogP contribution in [0.4, 0.5) is 18.9 Å². The lowest BCUT2D eigenvalue weighted by atomic mass is 10.1. The molecule has 2 rings (SSSR count). The van der Waals surface area contributed by atoms with Crippen molar-refractivity contribution < 1.29 is 18.0 Å². The van der Waals surface area contributed by atoms with Crippen LogP contribution in [-0.2, 0) is 11.0 Å². The SMILES string of the molecule is Cc1cc(C(F)(F)F)c(C#N)c(SCC(=O)Nc2ccc(Br)cc2)n1. The van der Waals surface area contributed by atoms with Gasteiger partial charge in [0.2, 0.25) is 5.91 Å². The molecule has 0 saturated heterocycles. The molecule has 0 aliphatic heterocycles. The van der Waals surface area contributed by atoms with E-state index in [9.17, 15) is 18.0 Å². The Labute approximate surface area is 154 Å². The molecule has 0 unspecified atom stereocenters. The molecule has 1 heterocycles. The van der Waals surface area contributed by atoms with Crippen LogP contribution in [0.3, 0.4) is 0 Å². The van der Waals surface area contributed by atoms with Gasteiger partial charge in [-0.2, -0.15) is 18.4 Å². The van der Waals surface area contributed by atoms with Gasteiger partial charge in [-0.1, -0.05) is 27.7 Å². The zero-order chi connectivity index (χ0) is 18.6. The minimum absolute atomic E-state index is 0.110. The van der Waals surface area contributed by atoms with Gasteiger partial charge < -0.3 is 5.32 Å². The number of aromatic nitrogens is 1. The smallest absolute Gasteiger partial charge is 0.325 e. The Kier molecular flexibility index (Phi) is 6.08. The number of anilines is 1. The van der Waals surface area contributed by atoms with E-state index in [0.717, 1.165) is 22.3 Å². The third kappa shape index (κ3) is 5.21. The minimum Gasteiger partial charge on any atom is -0.325 e. The van der Waals surface area contributed by atoms with Crippen LogP contribution in [0.2, 0.25) is 0 Å². The van der Waals surface area contributed by atoms with Crippen LogP contribution in [0.25, 0.3) is 0 Å². The summed E-state index contributed by atoms with van der Waals surface area (Å²) in [7, 11) is 0. The molecule has 1 N–H and O–H groups in total. The van der Waals surface area contributed by atoms with E-state index in [2.05, 4.69) is 26.2 Å². The van der Waals surface area contributed by atoms with E-state index in [0.29, 0.717) is 5.69 Å². The number of pyridine rings is 1. The van der Waals surface area contributed by atoms with Gasteiger partial charge in [-0.25, -0.2) is 4.98 Å². The number of aryl methyl sites for hydroxylation is 1. The number of thioether (sulfide) groups is 1. The van der Waals surface area contributed by atoms with Gasteiger partial charge in [-0.3, -0.25) is 4.79 Å². The van der Waals surface area contributed by atoms with Crippen molar-refractivity contribution in [3.63, 3.8) is 0 Å². The summed E-state index contributed by atoms with van der Waals surface area (Å²) in [5.74, 6) is -0.577. The molecule has 0 aliphatic rings. The molecule has 1 aromatic carbocycles. The maximum atomic E-state index is 13.0. The Balaban J connectivity index is 2.15. The number of amides is 1. The van der Waals surface area contributed by atoms with Crippen LogP contribution in [0.5, 0.6) is 0 Å². The first-order valence-corrected chi connectivity index (χ1v) is 8.65. The van der Waals surface area contributed by atoms with Crippen LogP contribution < -0.4 is 5.32 Å². The lowest BCUT2D eigenvalue weighted by Gasteiger charge is -2.12. The molecule has 25 heavy (non-hydrogen) atoms. The van der Waals surface area contributed by atoms with Crippen molar-refractivity contribution in [3.8, 4) is 6.07 Å². The Morgan fingerprint density at radius 3 is 2.56 bits per heavy atom. The van der Waals surface area contributed by atoms with Crippen molar-refractivity contribution in [3.05, 3.63) is 51.6 Å². The zero-order valence-electron chi connectivity index (χ0n) is 12.8. The van der Waals surface area contributed by atoms with E-state index in [4.69, 9.17) is 5.26 Å². The van der Waals surface area contributed by atoms with E-state index in [1.807, 2.05) is 0 Å². The number of nitrogens with zero attached hydrogens (tertiary/aromatic N) is 2. The summed E-state index contributed by atoms with van der Waals surface area (Å²) in [5.41, 5.74) is -0.928. The molecule has 0 radical (unpaired) electrons. The quantitative estimate of drug-likeness (QED) is 0.710. The molecular weight excluding hydrogens is 419 g/mol. The average Bonchev–Trinajstić information content (AvgIpc) is 2.53. The molecule has 0 aliphatic carbocycles. The number of nitriles is 1. The van der Waals surface area contributed by atoms with Crippen LogP contribution in [-0.4, -0.2) is 16.6 Å². The van der Waals surface area contributed by atoms with Crippen molar-refractivity contribution >= 4 is 39.3 Å². The van der Waals surface area contributed by atoms with Gasteiger partial charge in [0, 0.05) is 15.9 Å². The topological polar surface area (TPSA) is 65.8 Å². The highest BCUT2D eigenvalue weighted by molar-refractivity contribution is 9.10. The van der Waals surface area contributed by atoms with Gasteiger partial charge in [0.1, 0.15) is 11.1 Å². The summed E-state index contributed by atoms with van der Waals surface area (Å²) in [5, 5.41) is 11.6. The number of hydrogen-bond donors (Lipinski definition) is 1. The summed E-state index contributed by atoms with van der Waals surface area (Å²) in [6.07, 6.45) is -4.66. The van der Waals surface area contributed by atoms with E-state index >= 15 is 0 Å². The highest BCUT2D eigenvalue weighted by Crippen LogP contribution is 2.35. The van der Waals surface area contributed by atoms with Gasteiger partial charge in [0.05, 0.1) is 16.9 Å². The van der Waals surface area contributed by atoms with Crippen molar-refractivity contribution in [2.24, 2.45) is 0 Å². The fourth-order valence-corrected chi connectivity index (χ4v) is 3.06. The van der Waals surface area contributed by atoms with E-state index in [-0.39, 0.29) is 16.5 Å². The minimum atomic E-state index is -4.66. The Bertz CT molecular complexity index is 832. The number of benzene rings is 1. The largest absolute Gasteiger partial charge is 0.417 e. The number of nitrogens with one attached hydrogen (secondary N) is 1. The molecule has 0 fully saturated rings. The molecule has 0 saturated carbocycles. The van der Waals surface area contributed by atoms with E-state index in [1.54, 1.807) is 24.3 Å². The summed E-state index contributed by atoms with van der Waals surface area (Å²) in [6, 6.07) is 9.21. The first-order chi connectivity index (χ1) is 11.7. The Hall–Kier alpha value is -2.05. The maximum absolute atomic E-state index is 13.0. The van der Waals surface area contributed by atoms with E-state index in [1.165, 1.54) is 13.0 Å². The number of carbonyl (C=O) groups is 1. The van der Waals surface area contributed by atoms with Crippen molar-refractivity contribution in [1.82, 2.24) is 4.98 Å². The fourth-order valence-electron chi connectivity index (χ4n) is 1.94. The number of carbonyl (C=O) groups excluding carboxylic acids is 1. The van der Waals surface area contributed by atoms with Crippen LogP contribution in [0.1, 0.15) is 16.8 Å². The second kappa shape index (κ2) is 7.89. The normalized spacial score (nSPS) is 11.0. The molecule has 1 amide bonds. The molecule has 1 aromatic heterocycles. The Morgan fingerprint density at radius 1 is 1.36 bits per heavy atom. The van der Waals surface area contributed by atoms with Gasteiger partial charge >= 0.3 is 6.18 Å². The predicted octanol–water partition coefficient (Wildman–Crippen LogP) is 4.77. The highest BCUT2D eigenvalue weighted by atomic mass is 79.9. The summed E-state index contributed by atoms with van der Waals surface area (Å²) in [6.45, 7) is 1.41. The average molecular weight is 430 g/mol. The Morgan fingerprint density at radius 2 is 2.00 bits per heavy atom. The van der Waals surface area contributed by atoms with Crippen LogP contribution in [0.15, 0.2) is 39.8 Å². The molecule has 0 bridgehead atoms. The molecule has 130 valence electrons. The second-order valence-corrected chi connectivity index (χ2v) is 6.82. The van der Waals surface area contributed by atoms with Gasteiger partial charge in [-0.15, -0.1) is 0 Å². The maximum Gasteiger partial charge on any atom is 0.417 e. The van der Waals surface area contributed by atoms with Gasteiger partial charge in [0.15, 0.2) is 0 Å². The van der Waals surface area contributed by atoms with Crippen molar-refractivity contribution in [2.45, 2.75) is 18.1 Å². The molecular formula is C16H11BrF3N3OS. The summed E-state index contributed by atoms with van der Waals surface area (Å²) in [4.78, 5) is 15.9. The second-order valence-electron chi connectivity index (χ2n) is 4.94. The first kappa shape index (κ1) is 19.3. The van der Waals surface area contributed by atoms with Crippen molar-refractivity contribution in [2.75, 3.05) is 11.1 Å². The summed E-state index contributed by atoms with van der Waals surface area (Å²) < 4.78 is 40.0. The van der Waals surface area contributed by atoms with Crippen molar-refractivity contribution in [1.29, 1.82) is 5.26 Å². The van der Waals surface area contributed by atoms with Crippen LogP contribution in [0, 0.1) is 18.3 Å². The lowest BCUT2D eigenvalue weighted by Crippen LogP contribution is -2.15. The molecule has 9 heteroatoms. The third-order valence-corrected chi connectivity index (χ3v) is 4.50. The van der Waals surface area contributed by atoms with Gasteiger partial charge in [0.25, 0.3) is 0 Å². The molecule has 4 nitrogen and oxygen atoms in total. The fraction of sp³-hybridized carbons (Fsp3) is 0.188. The van der Waals surface area contributed by atoms with Gasteiger partial charge in [-0.05, 0) is 37.3 Å². The number of halogens is 4. The highest BCUT2D eigenvalue weighted by Gasteiger charge is 2.35. The number of hydrogen-bond acceptors (Lipinski definition) is 4. The summed E-state index contributed by atoms with van der Waals surface area (Å²) >= 11 is 4.06. The number of alkyl halides is 3. The third-order valence-electron chi connectivity index (χ3n) is 3.00. The lowest BCUT2D eigenvalue weighted by molar-refractivity contribution is -0.138. The zero-order valence-corrected chi connectivity index (χ0v) is 15.2. The monoisotopic (exact) mass is 429 g/mol.